The Kier molecular flexibility index (Phi) is 8.45. The fraction of sp³-hybridized carbons (Fsp3) is 0.278. The maximum Gasteiger partial charge on any atom is 0.333 e. The van der Waals surface area contributed by atoms with E-state index >= 15 is 0 Å². The van der Waals surface area contributed by atoms with Gasteiger partial charge in [-0.3, -0.25) is 0 Å². The van der Waals surface area contributed by atoms with Crippen LogP contribution in [0.5, 0.6) is 0 Å². The van der Waals surface area contributed by atoms with Gasteiger partial charge >= 0.3 is 6.85 Å². The lowest BCUT2D eigenvalue weighted by atomic mass is 9.42. The summed E-state index contributed by atoms with van der Waals surface area (Å²) in [7, 11) is 0. The van der Waals surface area contributed by atoms with Crippen molar-refractivity contribution in [2.24, 2.45) is 29.6 Å². The molecule has 2 aliphatic heterocycles. The van der Waals surface area contributed by atoms with Crippen LogP contribution in [0.3, 0.4) is 0 Å². The molecule has 3 aromatic heterocycles. The fourth-order valence-electron chi connectivity index (χ4n) is 19.0. The Morgan fingerprint density at radius 2 is 1.25 bits per heavy atom. The first-order valence-corrected chi connectivity index (χ1v) is 30.2. The summed E-state index contributed by atoms with van der Waals surface area (Å²) in [5.74, 6) is 4.26. The average molecular weight is 1010 g/mol. The lowest BCUT2D eigenvalue weighted by Crippen LogP contribution is -2.61. The summed E-state index contributed by atoms with van der Waals surface area (Å²) in [6.45, 7) is 2.38. The number of para-hydroxylation sites is 1. The SMILES string of the molecule is CCC1(c2ccc3c(c2)c2cc(C45CC6CC(CC(C6)C4)C5)cc4c2n3-c2c3c(cc5c2oc2ccccc25)-c2ccc5c(sc6cc7ccccc7cc65)c2N(c2ccc(-c5ccccc5)cc2)B34)CC2CCC(C2)C1. The van der Waals surface area contributed by atoms with Crippen LogP contribution >= 0.6 is 11.3 Å². The molecule has 5 heteroatoms. The Labute approximate surface area is 453 Å². The molecule has 20 rings (SSSR count). The highest BCUT2D eigenvalue weighted by Gasteiger charge is 2.54. The minimum atomic E-state index is -0.119. The van der Waals surface area contributed by atoms with Crippen molar-refractivity contribution in [3.05, 3.63) is 175 Å². The normalized spacial score (nSPS) is 25.6. The number of rotatable bonds is 5. The number of benzene rings is 9. The Hall–Kier alpha value is -7.08. The van der Waals surface area contributed by atoms with Crippen LogP contribution in [0.15, 0.2) is 168 Å². The number of anilines is 2. The number of thiophene rings is 1. The first-order chi connectivity index (χ1) is 37.9. The van der Waals surface area contributed by atoms with Crippen molar-refractivity contribution in [1.82, 2.24) is 4.57 Å². The molecule has 0 amide bonds. The lowest BCUT2D eigenvalue weighted by Gasteiger charge is -2.57. The van der Waals surface area contributed by atoms with E-state index in [0.29, 0.717) is 0 Å². The van der Waals surface area contributed by atoms with E-state index < -0.39 is 0 Å². The van der Waals surface area contributed by atoms with E-state index in [2.05, 4.69) is 180 Å². The lowest BCUT2D eigenvalue weighted by molar-refractivity contribution is -0.00509. The predicted molar refractivity (Wildman–Crippen MR) is 325 cm³/mol. The molecule has 6 fully saturated rings. The highest BCUT2D eigenvalue weighted by molar-refractivity contribution is 7.26. The van der Waals surface area contributed by atoms with Crippen molar-refractivity contribution < 1.29 is 4.42 Å². The fourth-order valence-corrected chi connectivity index (χ4v) is 20.3. The van der Waals surface area contributed by atoms with E-state index in [1.165, 1.54) is 191 Å². The predicted octanol–water partition coefficient (Wildman–Crippen LogP) is 18.4. The smallest absolute Gasteiger partial charge is 0.333 e. The van der Waals surface area contributed by atoms with Gasteiger partial charge < -0.3 is 13.8 Å². The van der Waals surface area contributed by atoms with Crippen molar-refractivity contribution in [2.45, 2.75) is 94.8 Å². The van der Waals surface area contributed by atoms with Crippen molar-refractivity contribution in [3.63, 3.8) is 0 Å². The zero-order chi connectivity index (χ0) is 50.0. The van der Waals surface area contributed by atoms with Crippen LogP contribution < -0.4 is 15.7 Å². The minimum absolute atomic E-state index is 0.119. The zero-order valence-electron chi connectivity index (χ0n) is 43.7. The van der Waals surface area contributed by atoms with Crippen molar-refractivity contribution >= 4 is 115 Å². The Bertz CT molecular complexity index is 4510. The first-order valence-electron chi connectivity index (χ1n) is 29.4. The number of aromatic nitrogens is 1. The van der Waals surface area contributed by atoms with Gasteiger partial charge in [-0.15, -0.1) is 11.3 Å². The Morgan fingerprint density at radius 1 is 0.545 bits per heavy atom. The molecule has 6 aliphatic carbocycles. The third kappa shape index (κ3) is 5.74. The third-order valence-electron chi connectivity index (χ3n) is 21.8. The molecule has 77 heavy (non-hydrogen) atoms. The van der Waals surface area contributed by atoms with Crippen LogP contribution in [0.1, 0.15) is 95.1 Å². The van der Waals surface area contributed by atoms with Gasteiger partial charge in [-0.05, 0) is 209 Å². The van der Waals surface area contributed by atoms with E-state index in [4.69, 9.17) is 4.42 Å². The van der Waals surface area contributed by atoms with Crippen molar-refractivity contribution in [2.75, 3.05) is 4.81 Å². The maximum absolute atomic E-state index is 7.36. The van der Waals surface area contributed by atoms with Gasteiger partial charge in [0, 0.05) is 48.3 Å². The molecule has 6 bridgehead atoms. The van der Waals surface area contributed by atoms with Gasteiger partial charge in [-0.25, -0.2) is 0 Å². The number of furan rings is 1. The highest BCUT2D eigenvalue weighted by atomic mass is 32.1. The summed E-state index contributed by atoms with van der Waals surface area (Å²) in [5, 5.41) is 10.5. The highest BCUT2D eigenvalue weighted by Crippen LogP contribution is 2.62. The second kappa shape index (κ2) is 15.1. The molecule has 0 spiro atoms. The monoisotopic (exact) mass is 1010 g/mol. The van der Waals surface area contributed by atoms with Crippen LogP contribution in [0.4, 0.5) is 11.4 Å². The Morgan fingerprint density at radius 3 is 2.03 bits per heavy atom. The average Bonchev–Trinajstić information content (AvgIpc) is 4.18. The van der Waals surface area contributed by atoms with Gasteiger partial charge in [0.15, 0.2) is 5.58 Å². The van der Waals surface area contributed by atoms with E-state index in [-0.39, 0.29) is 17.7 Å². The van der Waals surface area contributed by atoms with Crippen molar-refractivity contribution in [1.29, 1.82) is 0 Å². The topological polar surface area (TPSA) is 21.3 Å². The van der Waals surface area contributed by atoms with Gasteiger partial charge in [0.25, 0.3) is 0 Å². The number of hydrogen-bond donors (Lipinski definition) is 0. The molecule has 9 aromatic carbocycles. The summed E-state index contributed by atoms with van der Waals surface area (Å²) >= 11 is 1.99. The van der Waals surface area contributed by atoms with Gasteiger partial charge in [0.1, 0.15) is 5.58 Å². The number of hydrogen-bond acceptors (Lipinski definition) is 3. The number of nitrogens with zero attached hydrogens (tertiary/aromatic N) is 2. The molecule has 12 aromatic rings. The summed E-state index contributed by atoms with van der Waals surface area (Å²) in [5.41, 5.74) is 20.0. The molecule has 3 nitrogen and oxygen atoms in total. The zero-order valence-corrected chi connectivity index (χ0v) is 44.6. The third-order valence-corrected chi connectivity index (χ3v) is 23.0. The molecule has 0 N–H and O–H groups in total. The van der Waals surface area contributed by atoms with E-state index in [9.17, 15) is 0 Å². The van der Waals surface area contributed by atoms with Gasteiger partial charge in [-0.2, -0.15) is 0 Å². The molecular weight excluding hydrogens is 952 g/mol. The minimum Gasteiger partial charge on any atom is -0.454 e. The van der Waals surface area contributed by atoms with Crippen LogP contribution in [0, 0.1) is 29.6 Å². The molecule has 372 valence electrons. The maximum atomic E-state index is 7.36. The van der Waals surface area contributed by atoms with E-state index in [0.717, 1.165) is 40.8 Å². The van der Waals surface area contributed by atoms with E-state index in [1.54, 1.807) is 11.1 Å². The van der Waals surface area contributed by atoms with Gasteiger partial charge in [0.2, 0.25) is 0 Å². The van der Waals surface area contributed by atoms with Gasteiger partial charge in [0.05, 0.1) is 27.1 Å². The second-order valence-electron chi connectivity index (χ2n) is 25.8. The second-order valence-corrected chi connectivity index (χ2v) is 26.8. The quantitative estimate of drug-likeness (QED) is 0.160. The van der Waals surface area contributed by atoms with Crippen LogP contribution in [-0.2, 0) is 10.8 Å². The molecule has 0 radical (unpaired) electrons. The molecule has 5 heterocycles. The largest absolute Gasteiger partial charge is 0.454 e. The summed E-state index contributed by atoms with van der Waals surface area (Å²) in [6.07, 6.45) is 16.5. The number of fused-ring (bicyclic) bond motifs is 18. The van der Waals surface area contributed by atoms with Crippen molar-refractivity contribution in [3.8, 4) is 27.9 Å². The molecule has 2 atom stereocenters. The van der Waals surface area contributed by atoms with Crippen LogP contribution in [0.2, 0.25) is 0 Å². The van der Waals surface area contributed by atoms with Crippen LogP contribution in [0.25, 0.3) is 103 Å². The van der Waals surface area contributed by atoms with E-state index in [1.807, 2.05) is 11.3 Å². The van der Waals surface area contributed by atoms with Gasteiger partial charge in [-0.1, -0.05) is 129 Å². The Balaban J connectivity index is 0.966. The summed E-state index contributed by atoms with van der Waals surface area (Å²) < 4.78 is 12.8. The standard InChI is InChI=1S/C72H59BN2OS/c1-2-71(36-41-16-17-42(26-41)37-71)50-20-25-62-56(32-50)59-33-51(72-38-43-27-44(39-72)29-45(28-43)40-72)34-61-66(59)74(62)68-65-58(35-60-53-14-8-9-15-63(53)76-69(60)68)54-23-24-55-57-30-48-12-6-7-13-49(48)31-64(57)77-70(55)67(54)75(73(61)65)52-21-18-47(19-22-52)46-10-4-3-5-11-46/h3-15,18-25,30-35,41-45H,2,16-17,26-29,36-40H2,1H3. The van der Waals surface area contributed by atoms with Crippen LogP contribution in [-0.4, -0.2) is 11.4 Å². The molecule has 8 aliphatic rings. The molecule has 0 saturated heterocycles. The molecular formula is C72H59BN2OS. The first kappa shape index (κ1) is 43.0. The summed E-state index contributed by atoms with van der Waals surface area (Å²) in [4.78, 5) is 2.83. The summed E-state index contributed by atoms with van der Waals surface area (Å²) in [6, 6.07) is 64.2. The molecule has 2 unspecified atom stereocenters. The molecule has 6 saturated carbocycles.